The van der Waals surface area contributed by atoms with Gasteiger partial charge >= 0.3 is 0 Å². The maximum absolute atomic E-state index is 5.11. The molecule has 0 radical (unpaired) electrons. The molecule has 1 aromatic rings. The van der Waals surface area contributed by atoms with E-state index >= 15 is 0 Å². The number of hydrogen-bond donors (Lipinski definition) is 1. The second kappa shape index (κ2) is 3.40. The van der Waals surface area contributed by atoms with Gasteiger partial charge in [0.25, 0.3) is 0 Å². The Balaban J connectivity index is 2.20. The molecule has 1 aliphatic rings. The van der Waals surface area contributed by atoms with Crippen LogP contribution in [-0.2, 0) is 10.3 Å². The third-order valence-electron chi connectivity index (χ3n) is 2.67. The first kappa shape index (κ1) is 9.19. The Morgan fingerprint density at radius 3 is 2.38 bits per heavy atom. The van der Waals surface area contributed by atoms with Gasteiger partial charge in [-0.15, -0.1) is 0 Å². The molecule has 2 N–H and O–H groups in total. The van der Waals surface area contributed by atoms with Crippen LogP contribution in [0.25, 0.3) is 0 Å². The smallest absolute Gasteiger partial charge is 0.0775 e. The molecule has 0 aromatic heterocycles. The van der Waals surface area contributed by atoms with Gasteiger partial charge in [0, 0.05) is 9.89 Å². The molecule has 1 saturated carbocycles. The molecule has 0 bridgehead atoms. The molecule has 0 heterocycles. The standard InChI is InChI=1S/C10H12BrNO/c11-9-3-1-8(2-4-9)10(5-6-10)7-13-12/h1-4H,5-7,12H2. The van der Waals surface area contributed by atoms with Crippen LogP contribution in [0.3, 0.4) is 0 Å². The van der Waals surface area contributed by atoms with Crippen LogP contribution in [-0.4, -0.2) is 6.61 Å². The predicted octanol–water partition coefficient (Wildman–Crippen LogP) is 2.37. The van der Waals surface area contributed by atoms with Gasteiger partial charge in [0.1, 0.15) is 0 Å². The number of nitrogens with two attached hydrogens (primary N) is 1. The van der Waals surface area contributed by atoms with Crippen LogP contribution in [0.5, 0.6) is 0 Å². The van der Waals surface area contributed by atoms with E-state index in [2.05, 4.69) is 40.2 Å². The summed E-state index contributed by atoms with van der Waals surface area (Å²) in [4.78, 5) is 4.74. The van der Waals surface area contributed by atoms with Crippen LogP contribution in [0, 0.1) is 0 Å². The molecule has 1 aliphatic carbocycles. The molecule has 0 atom stereocenters. The van der Waals surface area contributed by atoms with Gasteiger partial charge in [0.15, 0.2) is 0 Å². The second-order valence-electron chi connectivity index (χ2n) is 3.60. The van der Waals surface area contributed by atoms with E-state index in [0.717, 1.165) is 4.47 Å². The molecule has 0 unspecified atom stereocenters. The van der Waals surface area contributed by atoms with Gasteiger partial charge in [-0.05, 0) is 30.5 Å². The van der Waals surface area contributed by atoms with Crippen molar-refractivity contribution in [1.29, 1.82) is 0 Å². The quantitative estimate of drug-likeness (QED) is 0.826. The van der Waals surface area contributed by atoms with Crippen molar-refractivity contribution in [2.24, 2.45) is 5.90 Å². The van der Waals surface area contributed by atoms with E-state index in [0.29, 0.717) is 6.61 Å². The average Bonchev–Trinajstić information content (AvgIpc) is 2.87. The molecule has 2 nitrogen and oxygen atoms in total. The zero-order valence-electron chi connectivity index (χ0n) is 7.29. The highest BCUT2D eigenvalue weighted by atomic mass is 79.9. The largest absolute Gasteiger partial charge is 0.304 e. The summed E-state index contributed by atoms with van der Waals surface area (Å²) in [7, 11) is 0. The maximum atomic E-state index is 5.11. The van der Waals surface area contributed by atoms with Gasteiger partial charge in [-0.25, -0.2) is 5.90 Å². The number of rotatable bonds is 3. The third kappa shape index (κ3) is 1.77. The minimum absolute atomic E-state index is 0.218. The summed E-state index contributed by atoms with van der Waals surface area (Å²) in [6, 6.07) is 8.39. The third-order valence-corrected chi connectivity index (χ3v) is 3.20. The molecule has 13 heavy (non-hydrogen) atoms. The molecule has 0 aliphatic heterocycles. The zero-order valence-corrected chi connectivity index (χ0v) is 8.88. The van der Waals surface area contributed by atoms with Gasteiger partial charge in [-0.3, -0.25) is 0 Å². The van der Waals surface area contributed by atoms with Crippen molar-refractivity contribution in [1.82, 2.24) is 0 Å². The van der Waals surface area contributed by atoms with Crippen molar-refractivity contribution >= 4 is 15.9 Å². The Morgan fingerprint density at radius 2 is 1.92 bits per heavy atom. The minimum Gasteiger partial charge on any atom is -0.304 e. The van der Waals surface area contributed by atoms with E-state index < -0.39 is 0 Å². The Hall–Kier alpha value is -0.380. The minimum atomic E-state index is 0.218. The lowest BCUT2D eigenvalue weighted by Crippen LogP contribution is -2.17. The summed E-state index contributed by atoms with van der Waals surface area (Å²) in [5.74, 6) is 5.11. The first-order valence-electron chi connectivity index (χ1n) is 4.35. The summed E-state index contributed by atoms with van der Waals surface area (Å²) >= 11 is 3.42. The fourth-order valence-corrected chi connectivity index (χ4v) is 1.89. The van der Waals surface area contributed by atoms with Crippen molar-refractivity contribution in [3.63, 3.8) is 0 Å². The highest BCUT2D eigenvalue weighted by Gasteiger charge is 2.44. The van der Waals surface area contributed by atoms with E-state index in [1.165, 1.54) is 18.4 Å². The molecular formula is C10H12BrNO. The van der Waals surface area contributed by atoms with Crippen LogP contribution in [0.4, 0.5) is 0 Å². The van der Waals surface area contributed by atoms with E-state index in [1.807, 2.05) is 0 Å². The van der Waals surface area contributed by atoms with Crippen LogP contribution >= 0.6 is 15.9 Å². The van der Waals surface area contributed by atoms with Crippen LogP contribution in [0.2, 0.25) is 0 Å². The fourth-order valence-electron chi connectivity index (χ4n) is 1.63. The lowest BCUT2D eigenvalue weighted by molar-refractivity contribution is 0.116. The van der Waals surface area contributed by atoms with Crippen LogP contribution in [0.15, 0.2) is 28.7 Å². The lowest BCUT2D eigenvalue weighted by atomic mass is 9.97. The van der Waals surface area contributed by atoms with Crippen molar-refractivity contribution in [3.05, 3.63) is 34.3 Å². The Morgan fingerprint density at radius 1 is 1.31 bits per heavy atom. The molecule has 1 fully saturated rings. The van der Waals surface area contributed by atoms with E-state index in [4.69, 9.17) is 10.7 Å². The van der Waals surface area contributed by atoms with Crippen molar-refractivity contribution in [2.45, 2.75) is 18.3 Å². The van der Waals surface area contributed by atoms with Gasteiger partial charge in [0.2, 0.25) is 0 Å². The molecule has 0 saturated heterocycles. The van der Waals surface area contributed by atoms with E-state index in [9.17, 15) is 0 Å². The fraction of sp³-hybridized carbons (Fsp3) is 0.400. The van der Waals surface area contributed by atoms with Gasteiger partial charge in [0.05, 0.1) is 6.61 Å². The van der Waals surface area contributed by atoms with Crippen LogP contribution in [0.1, 0.15) is 18.4 Å². The number of halogens is 1. The molecule has 1 aromatic carbocycles. The molecule has 0 spiro atoms. The Labute approximate surface area is 86.2 Å². The summed E-state index contributed by atoms with van der Waals surface area (Å²) in [6.07, 6.45) is 2.37. The molecule has 0 amide bonds. The normalized spacial score (nSPS) is 18.6. The van der Waals surface area contributed by atoms with Gasteiger partial charge in [-0.2, -0.15) is 0 Å². The highest BCUT2D eigenvalue weighted by Crippen LogP contribution is 2.48. The summed E-state index contributed by atoms with van der Waals surface area (Å²) < 4.78 is 1.11. The molecule has 2 rings (SSSR count). The molecular weight excluding hydrogens is 230 g/mol. The number of hydrogen-bond acceptors (Lipinski definition) is 2. The average molecular weight is 242 g/mol. The summed E-state index contributed by atoms with van der Waals surface area (Å²) in [5, 5.41) is 0. The van der Waals surface area contributed by atoms with Crippen molar-refractivity contribution in [2.75, 3.05) is 6.61 Å². The Kier molecular flexibility index (Phi) is 2.41. The SMILES string of the molecule is NOCC1(c2ccc(Br)cc2)CC1. The van der Waals surface area contributed by atoms with Crippen molar-refractivity contribution in [3.8, 4) is 0 Å². The zero-order chi connectivity index (χ0) is 9.31. The van der Waals surface area contributed by atoms with E-state index in [1.54, 1.807) is 0 Å². The summed E-state index contributed by atoms with van der Waals surface area (Å²) in [5.41, 5.74) is 1.55. The van der Waals surface area contributed by atoms with Gasteiger partial charge < -0.3 is 4.84 Å². The maximum Gasteiger partial charge on any atom is 0.0775 e. The Bertz CT molecular complexity index is 292. The summed E-state index contributed by atoms with van der Waals surface area (Å²) in [6.45, 7) is 0.634. The number of benzene rings is 1. The van der Waals surface area contributed by atoms with Gasteiger partial charge in [-0.1, -0.05) is 28.1 Å². The van der Waals surface area contributed by atoms with Crippen molar-refractivity contribution < 1.29 is 4.84 Å². The monoisotopic (exact) mass is 241 g/mol. The van der Waals surface area contributed by atoms with Crippen LogP contribution < -0.4 is 5.90 Å². The highest BCUT2D eigenvalue weighted by molar-refractivity contribution is 9.10. The first-order valence-corrected chi connectivity index (χ1v) is 5.14. The lowest BCUT2D eigenvalue weighted by Gasteiger charge is -2.13. The first-order chi connectivity index (χ1) is 6.27. The van der Waals surface area contributed by atoms with E-state index in [-0.39, 0.29) is 5.41 Å². The predicted molar refractivity (Wildman–Crippen MR) is 55.2 cm³/mol. The molecule has 70 valence electrons. The second-order valence-corrected chi connectivity index (χ2v) is 4.51. The molecule has 3 heteroatoms. The topological polar surface area (TPSA) is 35.2 Å².